The average molecular weight is 470 g/mol. The number of amides is 1. The number of nitrogens with zero attached hydrogens (tertiary/aromatic N) is 5. The number of hydrogen-bond donors (Lipinski definition) is 0. The lowest BCUT2D eigenvalue weighted by atomic mass is 9.87. The minimum absolute atomic E-state index is 0.0794. The van der Waals surface area contributed by atoms with Gasteiger partial charge in [0.2, 0.25) is 0 Å². The Labute approximate surface area is 196 Å². The first kappa shape index (κ1) is 23.8. The van der Waals surface area contributed by atoms with Gasteiger partial charge >= 0.3 is 6.18 Å². The highest BCUT2D eigenvalue weighted by molar-refractivity contribution is 5.98. The van der Waals surface area contributed by atoms with E-state index in [4.69, 9.17) is 0 Å². The van der Waals surface area contributed by atoms with Crippen LogP contribution in [0.15, 0.2) is 48.7 Å². The van der Waals surface area contributed by atoms with E-state index in [9.17, 15) is 18.0 Å². The number of piperidine rings is 1. The first-order valence-corrected chi connectivity index (χ1v) is 11.3. The van der Waals surface area contributed by atoms with Gasteiger partial charge in [0.25, 0.3) is 5.91 Å². The molecule has 4 heterocycles. The van der Waals surface area contributed by atoms with Crippen LogP contribution in [0.4, 0.5) is 13.2 Å². The molecule has 1 fully saturated rings. The highest BCUT2D eigenvalue weighted by Crippen LogP contribution is 2.31. The molecule has 3 aromatic heterocycles. The maximum absolute atomic E-state index is 13.8. The van der Waals surface area contributed by atoms with E-state index < -0.39 is 11.9 Å². The smallest absolute Gasteiger partial charge is 0.334 e. The van der Waals surface area contributed by atoms with Gasteiger partial charge in [-0.15, -0.1) is 5.10 Å². The van der Waals surface area contributed by atoms with Crippen LogP contribution >= 0.6 is 0 Å². The van der Waals surface area contributed by atoms with Crippen molar-refractivity contribution in [3.8, 4) is 11.3 Å². The highest BCUT2D eigenvalue weighted by Gasteiger charge is 2.35. The molecule has 0 spiro atoms. The van der Waals surface area contributed by atoms with E-state index in [0.717, 1.165) is 24.6 Å². The number of rotatable bonds is 5. The number of alkyl halides is 3. The molecule has 0 bridgehead atoms. The number of likely N-dealkylation sites (tertiary alicyclic amines) is 1. The Morgan fingerprint density at radius 3 is 2.62 bits per heavy atom. The molecule has 1 aliphatic rings. The fourth-order valence-electron chi connectivity index (χ4n) is 4.47. The zero-order valence-electron chi connectivity index (χ0n) is 19.1. The SMILES string of the molecule is Cc1ccc(-c2ccccn2)c(C(=O)N2CCC[C@@H](C)[C@H]2CCc2ccc(C(F)(F)F)nn2)n1. The monoisotopic (exact) mass is 469 g/mol. The van der Waals surface area contributed by atoms with Crippen molar-refractivity contribution in [2.24, 2.45) is 5.92 Å². The molecule has 178 valence electrons. The van der Waals surface area contributed by atoms with Gasteiger partial charge in [-0.1, -0.05) is 13.0 Å². The summed E-state index contributed by atoms with van der Waals surface area (Å²) in [6.45, 7) is 4.55. The maximum atomic E-state index is 13.8. The summed E-state index contributed by atoms with van der Waals surface area (Å²) >= 11 is 0. The van der Waals surface area contributed by atoms with Crippen LogP contribution in [-0.4, -0.2) is 43.6 Å². The van der Waals surface area contributed by atoms with Crippen LogP contribution in [0.2, 0.25) is 0 Å². The second-order valence-electron chi connectivity index (χ2n) is 8.70. The van der Waals surface area contributed by atoms with Crippen LogP contribution < -0.4 is 0 Å². The predicted octanol–water partition coefficient (Wildman–Crippen LogP) is 5.13. The molecule has 0 aliphatic carbocycles. The van der Waals surface area contributed by atoms with Crippen LogP contribution in [0.25, 0.3) is 11.3 Å². The van der Waals surface area contributed by atoms with Crippen molar-refractivity contribution >= 4 is 5.91 Å². The number of hydrogen-bond acceptors (Lipinski definition) is 5. The first-order chi connectivity index (χ1) is 16.2. The molecule has 4 rings (SSSR count). The van der Waals surface area contributed by atoms with E-state index in [1.165, 1.54) is 6.07 Å². The van der Waals surface area contributed by atoms with Gasteiger partial charge in [0.15, 0.2) is 5.69 Å². The number of carbonyl (C=O) groups is 1. The Morgan fingerprint density at radius 1 is 1.12 bits per heavy atom. The van der Waals surface area contributed by atoms with Gasteiger partial charge in [-0.25, -0.2) is 4.98 Å². The van der Waals surface area contributed by atoms with Gasteiger partial charge in [0.1, 0.15) is 5.69 Å². The van der Waals surface area contributed by atoms with Gasteiger partial charge < -0.3 is 4.90 Å². The summed E-state index contributed by atoms with van der Waals surface area (Å²) in [4.78, 5) is 24.6. The number of aryl methyl sites for hydroxylation is 2. The Kier molecular flexibility index (Phi) is 6.90. The largest absolute Gasteiger partial charge is 0.435 e. The molecule has 2 atom stereocenters. The fourth-order valence-corrected chi connectivity index (χ4v) is 4.47. The zero-order valence-corrected chi connectivity index (χ0v) is 19.1. The molecule has 0 saturated carbocycles. The molecule has 6 nitrogen and oxygen atoms in total. The lowest BCUT2D eigenvalue weighted by Gasteiger charge is -2.40. The third-order valence-corrected chi connectivity index (χ3v) is 6.26. The number of aromatic nitrogens is 4. The summed E-state index contributed by atoms with van der Waals surface area (Å²) in [6, 6.07) is 11.5. The Morgan fingerprint density at radius 2 is 1.94 bits per heavy atom. The maximum Gasteiger partial charge on any atom is 0.435 e. The van der Waals surface area contributed by atoms with Gasteiger partial charge in [-0.2, -0.15) is 18.3 Å². The molecule has 3 aromatic rings. The second kappa shape index (κ2) is 9.87. The lowest BCUT2D eigenvalue weighted by Crippen LogP contribution is -2.48. The summed E-state index contributed by atoms with van der Waals surface area (Å²) in [7, 11) is 0. The molecule has 0 N–H and O–H groups in total. The average Bonchev–Trinajstić information content (AvgIpc) is 2.83. The number of halogens is 3. The van der Waals surface area contributed by atoms with Crippen LogP contribution in [0.1, 0.15) is 53.8 Å². The molecule has 0 unspecified atom stereocenters. The highest BCUT2D eigenvalue weighted by atomic mass is 19.4. The summed E-state index contributed by atoms with van der Waals surface area (Å²) < 4.78 is 38.3. The quantitative estimate of drug-likeness (QED) is 0.518. The van der Waals surface area contributed by atoms with Gasteiger partial charge in [-0.3, -0.25) is 9.78 Å². The lowest BCUT2D eigenvalue weighted by molar-refractivity contribution is -0.141. The summed E-state index contributed by atoms with van der Waals surface area (Å²) in [5.41, 5.74) is 1.94. The van der Waals surface area contributed by atoms with E-state index in [1.54, 1.807) is 6.20 Å². The minimum atomic E-state index is -4.52. The topological polar surface area (TPSA) is 71.9 Å². The Hall–Kier alpha value is -3.36. The predicted molar refractivity (Wildman–Crippen MR) is 121 cm³/mol. The molecule has 0 aromatic carbocycles. The molecule has 1 amide bonds. The summed E-state index contributed by atoms with van der Waals surface area (Å²) in [5, 5.41) is 7.07. The van der Waals surface area contributed by atoms with Crippen molar-refractivity contribution in [1.29, 1.82) is 0 Å². The Balaban J connectivity index is 1.57. The third-order valence-electron chi connectivity index (χ3n) is 6.26. The van der Waals surface area contributed by atoms with E-state index in [2.05, 4.69) is 27.1 Å². The van der Waals surface area contributed by atoms with Crippen LogP contribution in [0, 0.1) is 12.8 Å². The summed E-state index contributed by atoms with van der Waals surface area (Å²) in [6.07, 6.45) is 0.0325. The minimum Gasteiger partial charge on any atom is -0.334 e. The number of carbonyl (C=O) groups excluding carboxylic acids is 1. The first-order valence-electron chi connectivity index (χ1n) is 11.3. The standard InChI is InChI=1S/C25H26F3N5O/c1-16-6-5-15-33(21(16)12-9-18-10-13-22(32-31-18)25(26,27)28)24(34)23-19(11-8-17(2)30-23)20-7-3-4-14-29-20/h3-4,7-8,10-11,13-14,16,21H,5-6,9,12,15H2,1-2H3/t16-,21-/m1/s1. The van der Waals surface area contributed by atoms with Crippen molar-refractivity contribution in [3.05, 3.63) is 71.4 Å². The number of pyridine rings is 2. The van der Waals surface area contributed by atoms with E-state index >= 15 is 0 Å². The van der Waals surface area contributed by atoms with Gasteiger partial charge in [0, 0.05) is 30.0 Å². The fraction of sp³-hybridized carbons (Fsp3) is 0.400. The van der Waals surface area contributed by atoms with Crippen LogP contribution in [-0.2, 0) is 12.6 Å². The van der Waals surface area contributed by atoms with Crippen molar-refractivity contribution in [1.82, 2.24) is 25.1 Å². The van der Waals surface area contributed by atoms with Gasteiger partial charge in [0.05, 0.1) is 11.4 Å². The molecular weight excluding hydrogens is 443 g/mol. The third kappa shape index (κ3) is 5.24. The van der Waals surface area contributed by atoms with Gasteiger partial charge in [-0.05, 0) is 74.9 Å². The zero-order chi connectivity index (χ0) is 24.3. The molecule has 9 heteroatoms. The van der Waals surface area contributed by atoms with Crippen molar-refractivity contribution in [2.45, 2.75) is 51.7 Å². The molecule has 34 heavy (non-hydrogen) atoms. The Bertz CT molecular complexity index is 1140. The molecule has 0 radical (unpaired) electrons. The van der Waals surface area contributed by atoms with Crippen molar-refractivity contribution in [2.75, 3.05) is 6.54 Å². The molecular formula is C25H26F3N5O. The summed E-state index contributed by atoms with van der Waals surface area (Å²) in [5.74, 6) is 0.0858. The van der Waals surface area contributed by atoms with E-state index in [-0.39, 0.29) is 17.9 Å². The van der Waals surface area contributed by atoms with Crippen molar-refractivity contribution < 1.29 is 18.0 Å². The van der Waals surface area contributed by atoms with E-state index in [1.807, 2.05) is 42.2 Å². The van der Waals surface area contributed by atoms with E-state index in [0.29, 0.717) is 42.0 Å². The molecule has 1 saturated heterocycles. The second-order valence-corrected chi connectivity index (χ2v) is 8.70. The van der Waals surface area contributed by atoms with Crippen LogP contribution in [0.3, 0.4) is 0 Å². The normalized spacial score (nSPS) is 18.7. The van der Waals surface area contributed by atoms with Crippen LogP contribution in [0.5, 0.6) is 0 Å². The van der Waals surface area contributed by atoms with Crippen molar-refractivity contribution in [3.63, 3.8) is 0 Å². The molecule has 1 aliphatic heterocycles.